The fraction of sp³-hybridized carbons (Fsp3) is 0.333. The van der Waals surface area contributed by atoms with Crippen molar-refractivity contribution in [3.05, 3.63) is 59.7 Å². The maximum atomic E-state index is 13.4. The molecule has 1 heterocycles. The van der Waals surface area contributed by atoms with Gasteiger partial charge in [0.05, 0.1) is 5.92 Å². The first-order valence-electron chi connectivity index (χ1n) is 9.20. The van der Waals surface area contributed by atoms with E-state index in [0.717, 1.165) is 22.3 Å². The molecule has 0 radical (unpaired) electrons. The molecule has 1 fully saturated rings. The predicted octanol–water partition coefficient (Wildman–Crippen LogP) is 4.27. The second-order valence-electron chi connectivity index (χ2n) is 7.22. The van der Waals surface area contributed by atoms with Crippen LogP contribution in [0.2, 0.25) is 0 Å². The highest BCUT2D eigenvalue weighted by molar-refractivity contribution is 5.79. The second-order valence-corrected chi connectivity index (χ2v) is 7.22. The van der Waals surface area contributed by atoms with Crippen molar-refractivity contribution in [1.82, 2.24) is 4.90 Å². The lowest BCUT2D eigenvalue weighted by Gasteiger charge is -2.28. The van der Waals surface area contributed by atoms with Crippen LogP contribution in [0.5, 0.6) is 0 Å². The molecule has 1 aliphatic carbocycles. The summed E-state index contributed by atoms with van der Waals surface area (Å²) >= 11 is 0. The summed E-state index contributed by atoms with van der Waals surface area (Å²) in [6.45, 7) is -0.427. The molecule has 0 saturated carbocycles. The summed E-state index contributed by atoms with van der Waals surface area (Å²) < 4.78 is 45.5. The normalized spacial score (nSPS) is 21.0. The maximum absolute atomic E-state index is 13.4. The first-order valence-corrected chi connectivity index (χ1v) is 9.20. The SMILES string of the molecule is O=C(O)C1CCN(C(=O)OCC2c3ccccc3-c3ccccc32)C1C(F)(F)F. The lowest BCUT2D eigenvalue weighted by molar-refractivity contribution is -0.188. The van der Waals surface area contributed by atoms with Gasteiger partial charge in [0, 0.05) is 12.5 Å². The third-order valence-corrected chi connectivity index (χ3v) is 5.62. The van der Waals surface area contributed by atoms with Gasteiger partial charge in [0.1, 0.15) is 12.6 Å². The van der Waals surface area contributed by atoms with Crippen LogP contribution < -0.4 is 0 Å². The molecule has 2 aromatic carbocycles. The zero-order valence-corrected chi connectivity index (χ0v) is 15.2. The van der Waals surface area contributed by atoms with Gasteiger partial charge >= 0.3 is 18.2 Å². The Morgan fingerprint density at radius 2 is 1.59 bits per heavy atom. The number of amides is 1. The summed E-state index contributed by atoms with van der Waals surface area (Å²) in [5, 5.41) is 9.09. The highest BCUT2D eigenvalue weighted by Crippen LogP contribution is 2.45. The number of carboxylic acid groups (broad SMARTS) is 1. The molecule has 1 N–H and O–H groups in total. The number of carbonyl (C=O) groups is 2. The van der Waals surface area contributed by atoms with Crippen LogP contribution in [0.25, 0.3) is 11.1 Å². The van der Waals surface area contributed by atoms with Gasteiger partial charge in [-0.15, -0.1) is 0 Å². The van der Waals surface area contributed by atoms with E-state index in [1.54, 1.807) is 0 Å². The van der Waals surface area contributed by atoms with Crippen LogP contribution in [0, 0.1) is 5.92 Å². The number of fused-ring (bicyclic) bond motifs is 3. The van der Waals surface area contributed by atoms with Gasteiger partial charge in [-0.2, -0.15) is 13.2 Å². The van der Waals surface area contributed by atoms with E-state index in [2.05, 4.69) is 0 Å². The number of nitrogens with zero attached hydrogens (tertiary/aromatic N) is 1. The molecule has 1 saturated heterocycles. The van der Waals surface area contributed by atoms with E-state index in [0.29, 0.717) is 4.90 Å². The number of aliphatic carboxylic acids is 1. The predicted molar refractivity (Wildman–Crippen MR) is 97.4 cm³/mol. The largest absolute Gasteiger partial charge is 0.481 e. The Morgan fingerprint density at radius 1 is 1.03 bits per heavy atom. The maximum Gasteiger partial charge on any atom is 0.410 e. The Morgan fingerprint density at radius 3 is 2.10 bits per heavy atom. The van der Waals surface area contributed by atoms with Crippen molar-refractivity contribution in [2.75, 3.05) is 13.2 Å². The Hall–Kier alpha value is -3.03. The number of hydrogen-bond donors (Lipinski definition) is 1. The minimum atomic E-state index is -4.84. The molecule has 0 aromatic heterocycles. The van der Waals surface area contributed by atoms with Gasteiger partial charge < -0.3 is 9.84 Å². The van der Waals surface area contributed by atoms with Crippen LogP contribution in [0.1, 0.15) is 23.5 Å². The molecule has 5 nitrogen and oxygen atoms in total. The van der Waals surface area contributed by atoms with E-state index < -0.39 is 30.2 Å². The Bertz CT molecular complexity index is 913. The van der Waals surface area contributed by atoms with E-state index >= 15 is 0 Å². The Balaban J connectivity index is 1.54. The van der Waals surface area contributed by atoms with E-state index in [1.807, 2.05) is 48.5 Å². The van der Waals surface area contributed by atoms with Crippen molar-refractivity contribution in [3.63, 3.8) is 0 Å². The molecule has 2 aromatic rings. The fourth-order valence-corrected chi connectivity index (χ4v) is 4.34. The monoisotopic (exact) mass is 405 g/mol. The van der Waals surface area contributed by atoms with Gasteiger partial charge in [0.2, 0.25) is 0 Å². The van der Waals surface area contributed by atoms with Gasteiger partial charge in [0.25, 0.3) is 0 Å². The number of benzene rings is 2. The number of likely N-dealkylation sites (tertiary alicyclic amines) is 1. The smallest absolute Gasteiger partial charge is 0.410 e. The number of hydrogen-bond acceptors (Lipinski definition) is 3. The average molecular weight is 405 g/mol. The molecule has 4 rings (SSSR count). The molecule has 1 aliphatic heterocycles. The van der Waals surface area contributed by atoms with E-state index in [1.165, 1.54) is 0 Å². The molecule has 1 amide bonds. The minimum Gasteiger partial charge on any atom is -0.481 e. The van der Waals surface area contributed by atoms with Crippen molar-refractivity contribution in [2.24, 2.45) is 5.92 Å². The quantitative estimate of drug-likeness (QED) is 0.828. The van der Waals surface area contributed by atoms with Crippen LogP contribution >= 0.6 is 0 Å². The third kappa shape index (κ3) is 3.32. The van der Waals surface area contributed by atoms with Crippen molar-refractivity contribution in [2.45, 2.75) is 24.6 Å². The minimum absolute atomic E-state index is 0.119. The first kappa shape index (κ1) is 19.3. The molecular formula is C21H18F3NO4. The topological polar surface area (TPSA) is 66.8 Å². The third-order valence-electron chi connectivity index (χ3n) is 5.62. The van der Waals surface area contributed by atoms with Gasteiger partial charge in [-0.25, -0.2) is 4.79 Å². The lowest BCUT2D eigenvalue weighted by atomic mass is 9.98. The molecule has 2 aliphatic rings. The average Bonchev–Trinajstić information content (AvgIpc) is 3.27. The molecule has 8 heteroatoms. The summed E-state index contributed by atoms with van der Waals surface area (Å²) in [6, 6.07) is 12.8. The van der Waals surface area contributed by atoms with Gasteiger partial charge in [0.15, 0.2) is 0 Å². The highest BCUT2D eigenvalue weighted by atomic mass is 19.4. The van der Waals surface area contributed by atoms with Crippen molar-refractivity contribution in [3.8, 4) is 11.1 Å². The summed E-state index contributed by atoms with van der Waals surface area (Å²) in [7, 11) is 0. The molecule has 2 unspecified atom stereocenters. The van der Waals surface area contributed by atoms with Crippen LogP contribution in [-0.4, -0.2) is 47.4 Å². The van der Waals surface area contributed by atoms with Crippen LogP contribution in [0.4, 0.5) is 18.0 Å². The van der Waals surface area contributed by atoms with Crippen molar-refractivity contribution < 1.29 is 32.6 Å². The Labute approximate surface area is 164 Å². The summed E-state index contributed by atoms with van der Waals surface area (Å²) in [4.78, 5) is 24.1. The molecule has 0 spiro atoms. The van der Waals surface area contributed by atoms with Gasteiger partial charge in [-0.05, 0) is 28.7 Å². The van der Waals surface area contributed by atoms with Crippen molar-refractivity contribution in [1.29, 1.82) is 0 Å². The zero-order valence-electron chi connectivity index (χ0n) is 15.2. The standard InChI is InChI=1S/C21H18F3NO4/c22-21(23,24)18-16(19(26)27)9-10-25(18)20(28)29-11-17-14-7-3-1-5-12(14)13-6-2-4-8-15(13)17/h1-8,16-18H,9-11H2,(H,26,27). The first-order chi connectivity index (χ1) is 13.8. The molecule has 0 bridgehead atoms. The van der Waals surface area contributed by atoms with Gasteiger partial charge in [-0.3, -0.25) is 9.69 Å². The van der Waals surface area contributed by atoms with E-state index in [4.69, 9.17) is 9.84 Å². The number of alkyl halides is 3. The molecule has 152 valence electrons. The van der Waals surface area contributed by atoms with Crippen LogP contribution in [-0.2, 0) is 9.53 Å². The number of carbonyl (C=O) groups excluding carboxylic acids is 1. The summed E-state index contributed by atoms with van der Waals surface area (Å²) in [5.74, 6) is -3.54. The number of carboxylic acids is 1. The highest BCUT2D eigenvalue weighted by Gasteiger charge is 2.56. The zero-order chi connectivity index (χ0) is 20.8. The van der Waals surface area contributed by atoms with E-state index in [-0.39, 0.29) is 25.5 Å². The van der Waals surface area contributed by atoms with Crippen LogP contribution in [0.3, 0.4) is 0 Å². The molecule has 29 heavy (non-hydrogen) atoms. The number of halogens is 3. The summed E-state index contributed by atoms with van der Waals surface area (Å²) in [6.07, 6.45) is -6.24. The van der Waals surface area contributed by atoms with Gasteiger partial charge in [-0.1, -0.05) is 48.5 Å². The van der Waals surface area contributed by atoms with Crippen LogP contribution in [0.15, 0.2) is 48.5 Å². The fourth-order valence-electron chi connectivity index (χ4n) is 4.34. The lowest BCUT2D eigenvalue weighted by Crippen LogP contribution is -2.49. The number of rotatable bonds is 3. The Kier molecular flexibility index (Phi) is 4.72. The van der Waals surface area contributed by atoms with Crippen molar-refractivity contribution >= 4 is 12.1 Å². The molecule has 2 atom stereocenters. The summed E-state index contributed by atoms with van der Waals surface area (Å²) in [5.41, 5.74) is 3.89. The number of ether oxygens (including phenoxy) is 1. The van der Waals surface area contributed by atoms with E-state index in [9.17, 15) is 22.8 Å². The molecular weight excluding hydrogens is 387 g/mol. The second kappa shape index (κ2) is 7.09.